The lowest BCUT2D eigenvalue weighted by Gasteiger charge is -2.12. The van der Waals surface area contributed by atoms with E-state index in [1.54, 1.807) is 24.3 Å². The first-order valence-corrected chi connectivity index (χ1v) is 11.8. The molecular formula is C21H22N4O5S2. The minimum Gasteiger partial charge on any atom is -0.495 e. The number of thiophene rings is 1. The molecule has 32 heavy (non-hydrogen) atoms. The molecule has 1 heterocycles. The molecule has 11 heteroatoms. The van der Waals surface area contributed by atoms with Gasteiger partial charge in [0.05, 0.1) is 24.2 Å². The summed E-state index contributed by atoms with van der Waals surface area (Å²) >= 11 is 1.44. The van der Waals surface area contributed by atoms with Crippen LogP contribution in [0.3, 0.4) is 0 Å². The summed E-state index contributed by atoms with van der Waals surface area (Å²) in [5, 5.41) is 4.76. The third-order valence-electron chi connectivity index (χ3n) is 4.28. The van der Waals surface area contributed by atoms with Crippen molar-refractivity contribution in [1.29, 1.82) is 0 Å². The predicted octanol–water partition coefficient (Wildman–Crippen LogP) is 2.11. The number of para-hydroxylation sites is 2. The fourth-order valence-corrected chi connectivity index (χ4v) is 4.46. The molecule has 9 nitrogen and oxygen atoms in total. The smallest absolute Gasteiger partial charge is 0.269 e. The highest BCUT2D eigenvalue weighted by Crippen LogP contribution is 2.22. The molecule has 0 aliphatic rings. The third kappa shape index (κ3) is 6.30. The molecule has 0 saturated carbocycles. The highest BCUT2D eigenvalue weighted by Gasteiger charge is 2.17. The van der Waals surface area contributed by atoms with Gasteiger partial charge in [-0.1, -0.05) is 24.3 Å². The summed E-state index contributed by atoms with van der Waals surface area (Å²) in [6.45, 7) is 0.0490. The molecule has 2 amide bonds. The van der Waals surface area contributed by atoms with E-state index in [0.717, 1.165) is 4.88 Å². The monoisotopic (exact) mass is 474 g/mol. The summed E-state index contributed by atoms with van der Waals surface area (Å²) < 4.78 is 32.7. The van der Waals surface area contributed by atoms with Crippen LogP contribution in [0.25, 0.3) is 0 Å². The minimum absolute atomic E-state index is 0.0501. The Hall–Kier alpha value is -3.41. The minimum atomic E-state index is -3.80. The van der Waals surface area contributed by atoms with Crippen LogP contribution in [0.5, 0.6) is 5.75 Å². The van der Waals surface area contributed by atoms with Crippen LogP contribution >= 0.6 is 11.3 Å². The second-order valence-corrected chi connectivity index (χ2v) is 9.29. The molecule has 3 rings (SSSR count). The van der Waals surface area contributed by atoms with E-state index in [9.17, 15) is 18.0 Å². The van der Waals surface area contributed by atoms with Crippen LogP contribution in [-0.2, 0) is 21.4 Å². The molecule has 0 spiro atoms. The van der Waals surface area contributed by atoms with Crippen LogP contribution in [0.4, 0.5) is 5.69 Å². The number of hydrazine groups is 1. The van der Waals surface area contributed by atoms with Crippen LogP contribution < -0.4 is 25.6 Å². The summed E-state index contributed by atoms with van der Waals surface area (Å²) in [6.07, 6.45) is 0. The predicted molar refractivity (Wildman–Crippen MR) is 122 cm³/mol. The summed E-state index contributed by atoms with van der Waals surface area (Å²) in [5.41, 5.74) is 5.27. The number of carbonyl (C=O) groups excluding carboxylic acids is 2. The number of hydrogen-bond acceptors (Lipinski definition) is 7. The number of methoxy groups -OCH3 is 1. The normalized spacial score (nSPS) is 10.9. The Morgan fingerprint density at radius 1 is 1.00 bits per heavy atom. The number of amides is 2. The van der Waals surface area contributed by atoms with E-state index in [4.69, 9.17) is 4.74 Å². The fraction of sp³-hybridized carbons (Fsp3) is 0.143. The van der Waals surface area contributed by atoms with Gasteiger partial charge in [0, 0.05) is 17.0 Å². The van der Waals surface area contributed by atoms with Gasteiger partial charge in [0.15, 0.2) is 0 Å². The van der Waals surface area contributed by atoms with Crippen molar-refractivity contribution in [2.24, 2.45) is 0 Å². The summed E-state index contributed by atoms with van der Waals surface area (Å²) in [5.74, 6) is -0.563. The van der Waals surface area contributed by atoms with Crippen molar-refractivity contribution in [3.8, 4) is 5.75 Å². The number of carbonyl (C=O) groups is 2. The van der Waals surface area contributed by atoms with E-state index in [1.165, 1.54) is 42.7 Å². The van der Waals surface area contributed by atoms with E-state index in [1.807, 2.05) is 17.5 Å². The van der Waals surface area contributed by atoms with Gasteiger partial charge in [-0.05, 0) is 41.8 Å². The second-order valence-electron chi connectivity index (χ2n) is 6.49. The van der Waals surface area contributed by atoms with Crippen LogP contribution in [0.1, 0.15) is 15.2 Å². The highest BCUT2D eigenvalue weighted by molar-refractivity contribution is 7.89. The Morgan fingerprint density at radius 2 is 1.81 bits per heavy atom. The lowest BCUT2D eigenvalue weighted by molar-refractivity contribution is -0.120. The zero-order valence-electron chi connectivity index (χ0n) is 17.1. The molecule has 168 valence electrons. The molecule has 0 radical (unpaired) electrons. The summed E-state index contributed by atoms with van der Waals surface area (Å²) in [7, 11) is -2.28. The van der Waals surface area contributed by atoms with Gasteiger partial charge in [-0.25, -0.2) is 13.1 Å². The van der Waals surface area contributed by atoms with Crippen LogP contribution in [0.15, 0.2) is 70.9 Å². The molecule has 0 unspecified atom stereocenters. The van der Waals surface area contributed by atoms with Crippen molar-refractivity contribution in [3.05, 3.63) is 76.5 Å². The van der Waals surface area contributed by atoms with E-state index < -0.39 is 21.8 Å². The maximum absolute atomic E-state index is 12.5. The molecule has 1 aromatic heterocycles. The zero-order chi connectivity index (χ0) is 23.0. The first-order chi connectivity index (χ1) is 15.4. The molecule has 0 saturated heterocycles. The number of ether oxygens (including phenoxy) is 1. The van der Waals surface area contributed by atoms with Gasteiger partial charge in [-0.2, -0.15) is 0 Å². The molecular weight excluding hydrogens is 452 g/mol. The third-order valence-corrected chi connectivity index (χ3v) is 6.56. The Bertz CT molecular complexity index is 1180. The molecule has 3 aromatic rings. The maximum Gasteiger partial charge on any atom is 0.269 e. The Labute approximate surface area is 189 Å². The average molecular weight is 475 g/mol. The summed E-state index contributed by atoms with van der Waals surface area (Å²) in [6, 6.07) is 16.3. The van der Waals surface area contributed by atoms with E-state index in [2.05, 4.69) is 20.9 Å². The van der Waals surface area contributed by atoms with Gasteiger partial charge < -0.3 is 10.1 Å². The number of sulfonamides is 1. The molecule has 0 fully saturated rings. The van der Waals surface area contributed by atoms with Crippen molar-refractivity contribution in [3.63, 3.8) is 0 Å². The Balaban J connectivity index is 1.54. The molecule has 4 N–H and O–H groups in total. The van der Waals surface area contributed by atoms with Crippen molar-refractivity contribution >= 4 is 38.9 Å². The van der Waals surface area contributed by atoms with Crippen molar-refractivity contribution in [2.45, 2.75) is 11.4 Å². The number of anilines is 1. The lowest BCUT2D eigenvalue weighted by Crippen LogP contribution is -2.44. The van der Waals surface area contributed by atoms with Gasteiger partial charge >= 0.3 is 0 Å². The largest absolute Gasteiger partial charge is 0.495 e. The maximum atomic E-state index is 12.5. The number of rotatable bonds is 9. The quantitative estimate of drug-likeness (QED) is 0.352. The first-order valence-electron chi connectivity index (χ1n) is 9.47. The molecule has 2 aromatic carbocycles. The number of benzene rings is 2. The van der Waals surface area contributed by atoms with Crippen molar-refractivity contribution in [2.75, 3.05) is 19.0 Å². The van der Waals surface area contributed by atoms with Crippen LogP contribution in [-0.4, -0.2) is 33.9 Å². The van der Waals surface area contributed by atoms with Gasteiger partial charge in [0.2, 0.25) is 10.0 Å². The van der Waals surface area contributed by atoms with E-state index in [0.29, 0.717) is 11.4 Å². The Morgan fingerprint density at radius 3 is 2.56 bits per heavy atom. The lowest BCUT2D eigenvalue weighted by atomic mass is 10.2. The second kappa shape index (κ2) is 10.8. The van der Waals surface area contributed by atoms with E-state index >= 15 is 0 Å². The number of hydrogen-bond donors (Lipinski definition) is 4. The fourth-order valence-electron chi connectivity index (χ4n) is 2.68. The van der Waals surface area contributed by atoms with Crippen LogP contribution in [0, 0.1) is 0 Å². The van der Waals surface area contributed by atoms with Crippen LogP contribution in [0.2, 0.25) is 0 Å². The molecule has 0 bridgehead atoms. The SMILES string of the molecule is COc1ccccc1NCC(=O)NNC(=O)c1cccc(S(=O)(=O)NCc2cccs2)c1. The molecule has 0 atom stereocenters. The van der Waals surface area contributed by atoms with Crippen molar-refractivity contribution in [1.82, 2.24) is 15.6 Å². The van der Waals surface area contributed by atoms with E-state index in [-0.39, 0.29) is 23.5 Å². The van der Waals surface area contributed by atoms with Crippen molar-refractivity contribution < 1.29 is 22.7 Å². The standard InChI is InChI=1S/C21H22N4O5S2/c1-30-19-10-3-2-9-18(19)22-14-20(26)24-25-21(27)15-6-4-8-17(12-15)32(28,29)23-13-16-7-5-11-31-16/h2-12,22-23H,13-14H2,1H3,(H,24,26)(H,25,27). The summed E-state index contributed by atoms with van der Waals surface area (Å²) in [4.78, 5) is 25.2. The highest BCUT2D eigenvalue weighted by atomic mass is 32.2. The topological polar surface area (TPSA) is 126 Å². The van der Waals surface area contributed by atoms with Gasteiger partial charge in [-0.15, -0.1) is 11.3 Å². The van der Waals surface area contributed by atoms with Gasteiger partial charge in [0.1, 0.15) is 5.75 Å². The van der Waals surface area contributed by atoms with Gasteiger partial charge in [-0.3, -0.25) is 20.4 Å². The number of nitrogens with one attached hydrogen (secondary N) is 4. The first kappa shape index (κ1) is 23.3. The Kier molecular flexibility index (Phi) is 7.82. The molecule has 0 aliphatic heterocycles. The molecule has 0 aliphatic carbocycles. The van der Waals surface area contributed by atoms with Gasteiger partial charge in [0.25, 0.3) is 11.8 Å². The zero-order valence-corrected chi connectivity index (χ0v) is 18.8. The average Bonchev–Trinajstić information content (AvgIpc) is 3.34.